The fourth-order valence-corrected chi connectivity index (χ4v) is 4.24. The second-order valence-electron chi connectivity index (χ2n) is 9.20. The number of fused-ring (bicyclic) bond motifs is 1. The molecule has 1 amide bonds. The van der Waals surface area contributed by atoms with E-state index < -0.39 is 46.5 Å². The van der Waals surface area contributed by atoms with Gasteiger partial charge in [-0.3, -0.25) is 23.7 Å². The maximum atomic E-state index is 13.6. The maximum Gasteiger partial charge on any atom is 0.352 e. The number of ether oxygens (including phenoxy) is 3. The number of aliphatic carboxylic acids is 1. The first-order valence-corrected chi connectivity index (χ1v) is 10.9. The fourth-order valence-electron chi connectivity index (χ4n) is 4.24. The molecular weight excluding hydrogens is 460 g/mol. The molecular formula is C24H28N2O9. The number of carbonyl (C=O) groups is 4. The first-order valence-electron chi connectivity index (χ1n) is 10.9. The number of hydrogen-bond acceptors (Lipinski definition) is 8. The monoisotopic (exact) mass is 488 g/mol. The van der Waals surface area contributed by atoms with Crippen LogP contribution in [0.1, 0.15) is 27.7 Å². The Morgan fingerprint density at radius 1 is 1.14 bits per heavy atom. The molecule has 188 valence electrons. The summed E-state index contributed by atoms with van der Waals surface area (Å²) in [5.74, 6) is -3.71. The van der Waals surface area contributed by atoms with Crippen molar-refractivity contribution >= 4 is 40.4 Å². The number of aromatic nitrogens is 1. The Kier molecular flexibility index (Phi) is 7.02. The number of esters is 2. The van der Waals surface area contributed by atoms with Gasteiger partial charge in [0.05, 0.1) is 19.2 Å². The number of morpholine rings is 1. The Bertz CT molecular complexity index is 1240. The number of nitrogens with zero attached hydrogens (tertiary/aromatic N) is 2. The van der Waals surface area contributed by atoms with E-state index in [1.807, 2.05) is 0 Å². The second-order valence-corrected chi connectivity index (χ2v) is 9.20. The summed E-state index contributed by atoms with van der Waals surface area (Å²) in [7, 11) is 1.21. The van der Waals surface area contributed by atoms with Crippen LogP contribution < -0.4 is 10.5 Å². The van der Waals surface area contributed by atoms with Gasteiger partial charge in [-0.15, -0.1) is 0 Å². The number of carboxylic acids is 1. The van der Waals surface area contributed by atoms with Crippen molar-refractivity contribution < 1.29 is 38.5 Å². The molecule has 0 spiro atoms. The molecule has 35 heavy (non-hydrogen) atoms. The number of rotatable bonds is 6. The zero-order chi connectivity index (χ0) is 26.1. The van der Waals surface area contributed by atoms with E-state index in [2.05, 4.69) is 4.74 Å². The quantitative estimate of drug-likeness (QED) is 0.596. The molecule has 1 aromatic heterocycles. The maximum absolute atomic E-state index is 13.6. The van der Waals surface area contributed by atoms with Crippen LogP contribution in [0.3, 0.4) is 0 Å². The number of hydrogen-bond donors (Lipinski definition) is 1. The lowest BCUT2D eigenvalue weighted by atomic mass is 9.71. The average molecular weight is 488 g/mol. The number of pyridine rings is 1. The fraction of sp³-hybridized carbons (Fsp3) is 0.458. The summed E-state index contributed by atoms with van der Waals surface area (Å²) >= 11 is 0. The molecule has 1 aliphatic rings. The van der Waals surface area contributed by atoms with Gasteiger partial charge in [-0.05, 0) is 23.6 Å². The molecule has 11 heteroatoms. The van der Waals surface area contributed by atoms with Gasteiger partial charge >= 0.3 is 17.9 Å². The number of amides is 1. The van der Waals surface area contributed by atoms with Crippen LogP contribution in [0.25, 0.3) is 10.9 Å². The molecule has 0 bridgehead atoms. The summed E-state index contributed by atoms with van der Waals surface area (Å²) in [5, 5.41) is 10.8. The zero-order valence-corrected chi connectivity index (χ0v) is 20.2. The first kappa shape index (κ1) is 25.9. The Hall–Kier alpha value is -3.73. The van der Waals surface area contributed by atoms with Crippen molar-refractivity contribution in [2.24, 2.45) is 5.41 Å². The Labute approximate surface area is 201 Å². The van der Waals surface area contributed by atoms with Crippen molar-refractivity contribution in [3.05, 3.63) is 40.7 Å². The summed E-state index contributed by atoms with van der Waals surface area (Å²) in [6.07, 6.45) is -1.62. The summed E-state index contributed by atoms with van der Waals surface area (Å²) in [6, 6.07) is 7.79. The van der Waals surface area contributed by atoms with Crippen LogP contribution in [0.4, 0.5) is 5.69 Å². The number of benzene rings is 1. The van der Waals surface area contributed by atoms with Gasteiger partial charge in [0.2, 0.25) is 5.60 Å². The first-order chi connectivity index (χ1) is 16.3. The van der Waals surface area contributed by atoms with Gasteiger partial charge in [0, 0.05) is 30.6 Å². The van der Waals surface area contributed by atoms with E-state index in [-0.39, 0.29) is 19.7 Å². The van der Waals surface area contributed by atoms with Gasteiger partial charge in [0.15, 0.2) is 6.10 Å². The van der Waals surface area contributed by atoms with Gasteiger partial charge < -0.3 is 24.2 Å². The van der Waals surface area contributed by atoms with Crippen LogP contribution in [-0.2, 0) is 39.9 Å². The summed E-state index contributed by atoms with van der Waals surface area (Å²) in [5.41, 5.74) is -3.19. The van der Waals surface area contributed by atoms with E-state index in [4.69, 9.17) is 9.47 Å². The smallest absolute Gasteiger partial charge is 0.352 e. The highest BCUT2D eigenvalue weighted by Crippen LogP contribution is 2.41. The number of carboxylic acid groups (broad SMARTS) is 1. The summed E-state index contributed by atoms with van der Waals surface area (Å²) in [6.45, 7) is 5.44. The predicted octanol–water partition coefficient (Wildman–Crippen LogP) is 1.34. The molecule has 1 fully saturated rings. The van der Waals surface area contributed by atoms with Crippen molar-refractivity contribution in [3.63, 3.8) is 0 Å². The highest BCUT2D eigenvalue weighted by Gasteiger charge is 2.63. The van der Waals surface area contributed by atoms with E-state index in [0.717, 1.165) is 6.92 Å². The molecule has 11 nitrogen and oxygen atoms in total. The van der Waals surface area contributed by atoms with Crippen molar-refractivity contribution in [2.45, 2.75) is 45.9 Å². The van der Waals surface area contributed by atoms with E-state index in [9.17, 15) is 29.1 Å². The van der Waals surface area contributed by atoms with E-state index in [1.54, 1.807) is 45.0 Å². The lowest BCUT2D eigenvalue weighted by Crippen LogP contribution is -2.68. The molecule has 1 N–H and O–H groups in total. The third-order valence-electron chi connectivity index (χ3n) is 6.00. The Morgan fingerprint density at radius 2 is 1.80 bits per heavy atom. The number of anilines is 1. The molecule has 0 radical (unpaired) electrons. The third kappa shape index (κ3) is 4.63. The normalized spacial score (nSPS) is 18.1. The molecule has 1 aromatic carbocycles. The Morgan fingerprint density at radius 3 is 2.37 bits per heavy atom. The average Bonchev–Trinajstić information content (AvgIpc) is 2.78. The van der Waals surface area contributed by atoms with Crippen LogP contribution >= 0.6 is 0 Å². The van der Waals surface area contributed by atoms with E-state index in [0.29, 0.717) is 16.6 Å². The van der Waals surface area contributed by atoms with Crippen molar-refractivity contribution in [1.82, 2.24) is 4.57 Å². The van der Waals surface area contributed by atoms with Crippen LogP contribution in [-0.4, -0.2) is 65.5 Å². The molecule has 0 saturated carbocycles. The topological polar surface area (TPSA) is 141 Å². The standard InChI is InChI=1S/C24H28N2O9/c1-14(27)35-24(22(31)32,23(2,3)4)20-21(30)25(10-11-34-20)16-8-6-15-7-9-18(28)26(17(15)12-16)13-19(29)33-5/h6-9,12,20H,10-11,13H2,1-5H3,(H,31,32)/t20-,24+/m0/s1. The molecule has 2 heterocycles. The van der Waals surface area contributed by atoms with E-state index in [1.165, 1.54) is 22.6 Å². The van der Waals surface area contributed by atoms with Gasteiger partial charge in [-0.1, -0.05) is 26.8 Å². The lowest BCUT2D eigenvalue weighted by Gasteiger charge is -2.46. The summed E-state index contributed by atoms with van der Waals surface area (Å²) in [4.78, 5) is 63.6. The molecule has 1 saturated heterocycles. The van der Waals surface area contributed by atoms with Crippen molar-refractivity contribution in [1.29, 1.82) is 0 Å². The van der Waals surface area contributed by atoms with Crippen molar-refractivity contribution in [2.75, 3.05) is 25.2 Å². The third-order valence-corrected chi connectivity index (χ3v) is 6.00. The van der Waals surface area contributed by atoms with Gasteiger partial charge in [-0.25, -0.2) is 4.79 Å². The van der Waals surface area contributed by atoms with Crippen molar-refractivity contribution in [3.8, 4) is 0 Å². The molecule has 3 rings (SSSR count). The SMILES string of the molecule is COC(=O)Cn1c(=O)ccc2ccc(N3CCO[C@H]([C@@](OC(C)=O)(C(=O)O)C(C)(C)C)C3=O)cc21. The second kappa shape index (κ2) is 9.49. The molecule has 0 aliphatic carbocycles. The minimum atomic E-state index is -2.29. The molecule has 1 aliphatic heterocycles. The highest BCUT2D eigenvalue weighted by molar-refractivity contribution is 6.03. The largest absolute Gasteiger partial charge is 0.478 e. The molecule has 0 unspecified atom stereocenters. The van der Waals surface area contributed by atoms with Crippen LogP contribution in [0.2, 0.25) is 0 Å². The zero-order valence-electron chi connectivity index (χ0n) is 20.2. The van der Waals surface area contributed by atoms with E-state index >= 15 is 0 Å². The lowest BCUT2D eigenvalue weighted by molar-refractivity contribution is -0.218. The predicted molar refractivity (Wildman–Crippen MR) is 124 cm³/mol. The van der Waals surface area contributed by atoms with Crippen LogP contribution in [0.5, 0.6) is 0 Å². The van der Waals surface area contributed by atoms with Crippen LogP contribution in [0.15, 0.2) is 35.1 Å². The Balaban J connectivity index is 2.12. The number of carbonyl (C=O) groups excluding carboxylic acids is 3. The number of methoxy groups -OCH3 is 1. The van der Waals surface area contributed by atoms with Crippen LogP contribution in [0, 0.1) is 5.41 Å². The minimum absolute atomic E-state index is 0.0232. The minimum Gasteiger partial charge on any atom is -0.478 e. The summed E-state index contributed by atoms with van der Waals surface area (Å²) < 4.78 is 16.8. The molecule has 2 aromatic rings. The van der Waals surface area contributed by atoms with Gasteiger partial charge in [0.25, 0.3) is 11.5 Å². The highest BCUT2D eigenvalue weighted by atomic mass is 16.6. The van der Waals surface area contributed by atoms with Gasteiger partial charge in [-0.2, -0.15) is 0 Å². The molecule has 2 atom stereocenters. The van der Waals surface area contributed by atoms with Gasteiger partial charge in [0.1, 0.15) is 6.54 Å².